The molecule has 1 saturated heterocycles. The molecule has 6 heteroatoms. The molecule has 28 heavy (non-hydrogen) atoms. The van der Waals surface area contributed by atoms with Gasteiger partial charge in [0.25, 0.3) is 0 Å². The SMILES string of the molecule is O=C(O)c1ccc2c(c1)CN(C(=O)C1(c3cccc(F)c3)CCOCC1)CC2. The minimum absolute atomic E-state index is 0.0345. The minimum Gasteiger partial charge on any atom is -0.478 e. The van der Waals surface area contributed by atoms with Crippen LogP contribution in [0.3, 0.4) is 0 Å². The molecule has 2 heterocycles. The van der Waals surface area contributed by atoms with Crippen LogP contribution in [0.1, 0.15) is 39.9 Å². The summed E-state index contributed by atoms with van der Waals surface area (Å²) in [6, 6.07) is 11.4. The number of fused-ring (bicyclic) bond motifs is 1. The highest BCUT2D eigenvalue weighted by Gasteiger charge is 2.44. The number of hydrogen-bond acceptors (Lipinski definition) is 3. The van der Waals surface area contributed by atoms with Gasteiger partial charge in [0.15, 0.2) is 0 Å². The van der Waals surface area contributed by atoms with Crippen molar-refractivity contribution in [3.8, 4) is 0 Å². The molecule has 0 atom stereocenters. The molecule has 0 aromatic heterocycles. The van der Waals surface area contributed by atoms with Crippen LogP contribution >= 0.6 is 0 Å². The standard InChI is InChI=1S/C22H22FNO4/c23-19-3-1-2-18(13-19)22(7-10-28-11-8-22)21(27)24-9-6-15-4-5-16(20(25)26)12-17(15)14-24/h1-5,12-13H,6-11,14H2,(H,25,26). The second kappa shape index (κ2) is 7.36. The Morgan fingerprint density at radius 3 is 2.57 bits per heavy atom. The van der Waals surface area contributed by atoms with Gasteiger partial charge in [-0.2, -0.15) is 0 Å². The Morgan fingerprint density at radius 2 is 1.86 bits per heavy atom. The topological polar surface area (TPSA) is 66.8 Å². The molecular formula is C22H22FNO4. The molecule has 2 aliphatic rings. The second-order valence-electron chi connectivity index (χ2n) is 7.47. The molecule has 146 valence electrons. The van der Waals surface area contributed by atoms with Gasteiger partial charge in [-0.15, -0.1) is 0 Å². The van der Waals surface area contributed by atoms with Gasteiger partial charge in [0.1, 0.15) is 5.82 Å². The number of carbonyl (C=O) groups excluding carboxylic acids is 1. The molecule has 2 aromatic carbocycles. The van der Waals surface area contributed by atoms with Gasteiger partial charge in [0, 0.05) is 26.3 Å². The number of carboxylic acids is 1. The summed E-state index contributed by atoms with van der Waals surface area (Å²) in [5, 5.41) is 9.25. The highest BCUT2D eigenvalue weighted by molar-refractivity contribution is 5.89. The first kappa shape index (κ1) is 18.6. The summed E-state index contributed by atoms with van der Waals surface area (Å²) in [5.41, 5.74) is 2.04. The number of aromatic carboxylic acids is 1. The van der Waals surface area contributed by atoms with Gasteiger partial charge in [0.05, 0.1) is 11.0 Å². The average Bonchev–Trinajstić information content (AvgIpc) is 2.72. The van der Waals surface area contributed by atoms with Gasteiger partial charge >= 0.3 is 5.97 Å². The van der Waals surface area contributed by atoms with Crippen molar-refractivity contribution in [2.45, 2.75) is 31.2 Å². The van der Waals surface area contributed by atoms with E-state index in [0.717, 1.165) is 11.1 Å². The van der Waals surface area contributed by atoms with Gasteiger partial charge in [-0.3, -0.25) is 4.79 Å². The third-order valence-electron chi connectivity index (χ3n) is 5.89. The molecule has 0 radical (unpaired) electrons. The van der Waals surface area contributed by atoms with Crippen molar-refractivity contribution in [2.75, 3.05) is 19.8 Å². The fourth-order valence-corrected chi connectivity index (χ4v) is 4.30. The Labute approximate surface area is 162 Å². The van der Waals surface area contributed by atoms with Crippen LogP contribution in [0.5, 0.6) is 0 Å². The third-order valence-corrected chi connectivity index (χ3v) is 5.89. The van der Waals surface area contributed by atoms with E-state index in [9.17, 15) is 19.1 Å². The Morgan fingerprint density at radius 1 is 1.07 bits per heavy atom. The largest absolute Gasteiger partial charge is 0.478 e. The Balaban J connectivity index is 1.66. The van der Waals surface area contributed by atoms with E-state index in [1.807, 2.05) is 12.1 Å². The first-order valence-corrected chi connectivity index (χ1v) is 9.48. The van der Waals surface area contributed by atoms with E-state index in [0.29, 0.717) is 51.1 Å². The minimum atomic E-state index is -0.980. The lowest BCUT2D eigenvalue weighted by atomic mass is 9.72. The summed E-state index contributed by atoms with van der Waals surface area (Å²) in [6.07, 6.45) is 1.69. The summed E-state index contributed by atoms with van der Waals surface area (Å²) >= 11 is 0. The number of amides is 1. The highest BCUT2D eigenvalue weighted by atomic mass is 19.1. The number of carboxylic acid groups (broad SMARTS) is 1. The lowest BCUT2D eigenvalue weighted by Crippen LogP contribution is -2.51. The van der Waals surface area contributed by atoms with Crippen LogP contribution in [-0.4, -0.2) is 41.6 Å². The molecule has 2 aromatic rings. The number of benzene rings is 2. The van der Waals surface area contributed by atoms with Gasteiger partial charge in [-0.1, -0.05) is 18.2 Å². The van der Waals surface area contributed by atoms with Crippen LogP contribution in [0.2, 0.25) is 0 Å². The molecule has 0 bridgehead atoms. The van der Waals surface area contributed by atoms with E-state index in [4.69, 9.17) is 4.74 Å². The molecule has 0 unspecified atom stereocenters. The van der Waals surface area contributed by atoms with Crippen LogP contribution in [0, 0.1) is 5.82 Å². The van der Waals surface area contributed by atoms with Crippen molar-refractivity contribution < 1.29 is 23.8 Å². The third kappa shape index (κ3) is 3.29. The van der Waals surface area contributed by atoms with E-state index in [1.54, 1.807) is 23.1 Å². The maximum absolute atomic E-state index is 13.9. The van der Waals surface area contributed by atoms with Crippen molar-refractivity contribution in [1.29, 1.82) is 0 Å². The van der Waals surface area contributed by atoms with E-state index in [1.165, 1.54) is 12.1 Å². The lowest BCUT2D eigenvalue weighted by Gasteiger charge is -2.41. The maximum Gasteiger partial charge on any atom is 0.335 e. The number of carbonyl (C=O) groups is 2. The van der Waals surface area contributed by atoms with Crippen LogP contribution in [-0.2, 0) is 27.9 Å². The molecule has 0 aliphatic carbocycles. The number of ether oxygens (including phenoxy) is 1. The summed E-state index contributed by atoms with van der Waals surface area (Å²) < 4.78 is 19.4. The van der Waals surface area contributed by atoms with Crippen molar-refractivity contribution in [2.24, 2.45) is 0 Å². The molecule has 1 N–H and O–H groups in total. The van der Waals surface area contributed by atoms with Crippen molar-refractivity contribution in [3.63, 3.8) is 0 Å². The zero-order chi connectivity index (χ0) is 19.7. The number of nitrogens with zero attached hydrogens (tertiary/aromatic N) is 1. The molecule has 5 nitrogen and oxygen atoms in total. The monoisotopic (exact) mass is 383 g/mol. The van der Waals surface area contributed by atoms with Crippen LogP contribution in [0.4, 0.5) is 4.39 Å². The quantitative estimate of drug-likeness (QED) is 0.884. The smallest absolute Gasteiger partial charge is 0.335 e. The van der Waals surface area contributed by atoms with Crippen molar-refractivity contribution in [1.82, 2.24) is 4.90 Å². The van der Waals surface area contributed by atoms with E-state index in [2.05, 4.69) is 0 Å². The molecule has 0 saturated carbocycles. The summed E-state index contributed by atoms with van der Waals surface area (Å²) in [6.45, 7) is 1.84. The van der Waals surface area contributed by atoms with Crippen molar-refractivity contribution >= 4 is 11.9 Å². The van der Waals surface area contributed by atoms with E-state index < -0.39 is 11.4 Å². The highest BCUT2D eigenvalue weighted by Crippen LogP contribution is 2.38. The fourth-order valence-electron chi connectivity index (χ4n) is 4.30. The first-order chi connectivity index (χ1) is 13.5. The number of halogens is 1. The Kier molecular flexibility index (Phi) is 4.89. The molecule has 2 aliphatic heterocycles. The maximum atomic E-state index is 13.9. The average molecular weight is 383 g/mol. The molecule has 1 amide bonds. The Hall–Kier alpha value is -2.73. The zero-order valence-corrected chi connectivity index (χ0v) is 15.5. The van der Waals surface area contributed by atoms with Crippen LogP contribution in [0.15, 0.2) is 42.5 Å². The van der Waals surface area contributed by atoms with Crippen LogP contribution < -0.4 is 0 Å². The summed E-state index contributed by atoms with van der Waals surface area (Å²) in [7, 11) is 0. The molecule has 1 fully saturated rings. The predicted molar refractivity (Wildman–Crippen MR) is 101 cm³/mol. The van der Waals surface area contributed by atoms with E-state index in [-0.39, 0.29) is 17.3 Å². The van der Waals surface area contributed by atoms with E-state index >= 15 is 0 Å². The predicted octanol–water partition coefficient (Wildman–Crippen LogP) is 3.16. The fraction of sp³-hybridized carbons (Fsp3) is 0.364. The first-order valence-electron chi connectivity index (χ1n) is 9.48. The summed E-state index contributed by atoms with van der Waals surface area (Å²) in [4.78, 5) is 26.7. The van der Waals surface area contributed by atoms with Gasteiger partial charge in [0.2, 0.25) is 5.91 Å². The lowest BCUT2D eigenvalue weighted by molar-refractivity contribution is -0.142. The zero-order valence-electron chi connectivity index (χ0n) is 15.5. The summed E-state index contributed by atoms with van der Waals surface area (Å²) in [5.74, 6) is -1.37. The van der Waals surface area contributed by atoms with Gasteiger partial charge in [-0.25, -0.2) is 9.18 Å². The molecule has 4 rings (SSSR count). The normalized spacial score (nSPS) is 18.4. The van der Waals surface area contributed by atoms with Crippen LogP contribution in [0.25, 0.3) is 0 Å². The Bertz CT molecular complexity index is 921. The van der Waals surface area contributed by atoms with Gasteiger partial charge in [-0.05, 0) is 60.2 Å². The number of hydrogen-bond donors (Lipinski definition) is 1. The van der Waals surface area contributed by atoms with Gasteiger partial charge < -0.3 is 14.7 Å². The number of rotatable bonds is 3. The van der Waals surface area contributed by atoms with Crippen molar-refractivity contribution in [3.05, 3.63) is 70.5 Å². The molecular weight excluding hydrogens is 361 g/mol. The molecule has 0 spiro atoms. The second-order valence-corrected chi connectivity index (χ2v) is 7.47.